The van der Waals surface area contributed by atoms with Crippen molar-refractivity contribution in [2.45, 2.75) is 51.2 Å². The standard InChI is InChI=1S/C13H21BrN2S/c1-3-11(15)13(12-7-10(14)8-17-12)16-6-4-5-9(16)2/h7-9,11,13H,3-6,15H2,1-2H3. The first-order chi connectivity index (χ1) is 8.13. The zero-order chi connectivity index (χ0) is 12.4. The Labute approximate surface area is 116 Å². The first kappa shape index (κ1) is 13.5. The number of hydrogen-bond donors (Lipinski definition) is 1. The summed E-state index contributed by atoms with van der Waals surface area (Å²) in [6.45, 7) is 5.70. The minimum atomic E-state index is 0.237. The second kappa shape index (κ2) is 5.83. The molecule has 0 amide bonds. The predicted molar refractivity (Wildman–Crippen MR) is 78.4 cm³/mol. The van der Waals surface area contributed by atoms with E-state index in [2.05, 4.69) is 46.1 Å². The average Bonchev–Trinajstić information content (AvgIpc) is 2.90. The lowest BCUT2D eigenvalue weighted by atomic mass is 10.0. The average molecular weight is 317 g/mol. The molecule has 96 valence electrons. The quantitative estimate of drug-likeness (QED) is 0.916. The number of likely N-dealkylation sites (tertiary alicyclic amines) is 1. The van der Waals surface area contributed by atoms with E-state index in [0.29, 0.717) is 12.1 Å². The molecule has 0 saturated carbocycles. The molecule has 0 spiro atoms. The third kappa shape index (κ3) is 2.92. The van der Waals surface area contributed by atoms with Crippen LogP contribution in [0, 0.1) is 0 Å². The van der Waals surface area contributed by atoms with Crippen LogP contribution in [-0.2, 0) is 0 Å². The van der Waals surface area contributed by atoms with E-state index < -0.39 is 0 Å². The Balaban J connectivity index is 2.24. The molecule has 0 bridgehead atoms. The fourth-order valence-electron chi connectivity index (χ4n) is 2.70. The molecular formula is C13H21BrN2S. The fourth-order valence-corrected chi connectivity index (χ4v) is 4.34. The van der Waals surface area contributed by atoms with Crippen LogP contribution in [0.4, 0.5) is 0 Å². The monoisotopic (exact) mass is 316 g/mol. The lowest BCUT2D eigenvalue weighted by Gasteiger charge is -2.34. The van der Waals surface area contributed by atoms with Crippen molar-refractivity contribution in [1.82, 2.24) is 4.90 Å². The molecule has 0 aromatic carbocycles. The Hall–Kier alpha value is 0.1000. The molecule has 0 aliphatic carbocycles. The summed E-state index contributed by atoms with van der Waals surface area (Å²) in [5, 5.41) is 2.16. The van der Waals surface area contributed by atoms with E-state index in [0.717, 1.165) is 6.42 Å². The Bertz CT molecular complexity index is 366. The van der Waals surface area contributed by atoms with Gasteiger partial charge in [0.05, 0.1) is 6.04 Å². The second-order valence-electron chi connectivity index (χ2n) is 4.91. The Kier molecular flexibility index (Phi) is 4.64. The molecule has 2 N–H and O–H groups in total. The SMILES string of the molecule is CCC(N)C(c1cc(Br)cs1)N1CCCC1C. The molecular weight excluding hydrogens is 296 g/mol. The normalized spacial score (nSPS) is 25.1. The van der Waals surface area contributed by atoms with Gasteiger partial charge in [0, 0.05) is 26.8 Å². The van der Waals surface area contributed by atoms with Gasteiger partial charge in [-0.3, -0.25) is 4.90 Å². The molecule has 2 rings (SSSR count). The topological polar surface area (TPSA) is 29.3 Å². The molecule has 1 aromatic heterocycles. The van der Waals surface area contributed by atoms with Crippen molar-refractivity contribution >= 4 is 27.3 Å². The van der Waals surface area contributed by atoms with Crippen molar-refractivity contribution in [1.29, 1.82) is 0 Å². The number of hydrogen-bond acceptors (Lipinski definition) is 3. The van der Waals surface area contributed by atoms with E-state index in [1.54, 1.807) is 0 Å². The molecule has 0 radical (unpaired) electrons. The molecule has 17 heavy (non-hydrogen) atoms. The molecule has 1 fully saturated rings. The summed E-state index contributed by atoms with van der Waals surface area (Å²) in [7, 11) is 0. The molecule has 1 aliphatic rings. The van der Waals surface area contributed by atoms with Gasteiger partial charge in [-0.15, -0.1) is 11.3 Å². The molecule has 1 aromatic rings. The molecule has 1 saturated heterocycles. The van der Waals surface area contributed by atoms with Crippen molar-refractivity contribution in [2.75, 3.05) is 6.54 Å². The van der Waals surface area contributed by atoms with Crippen LogP contribution in [0.3, 0.4) is 0 Å². The summed E-state index contributed by atoms with van der Waals surface area (Å²) in [4.78, 5) is 3.99. The first-order valence-electron chi connectivity index (χ1n) is 6.38. The van der Waals surface area contributed by atoms with E-state index in [4.69, 9.17) is 5.73 Å². The summed E-state index contributed by atoms with van der Waals surface area (Å²) >= 11 is 5.37. The van der Waals surface area contributed by atoms with Gasteiger partial charge < -0.3 is 5.73 Å². The maximum absolute atomic E-state index is 6.35. The molecule has 1 aliphatic heterocycles. The van der Waals surface area contributed by atoms with Crippen molar-refractivity contribution in [3.8, 4) is 0 Å². The van der Waals surface area contributed by atoms with E-state index in [-0.39, 0.29) is 6.04 Å². The Morgan fingerprint density at radius 1 is 1.65 bits per heavy atom. The van der Waals surface area contributed by atoms with Crippen molar-refractivity contribution in [3.05, 3.63) is 20.8 Å². The van der Waals surface area contributed by atoms with Crippen LogP contribution in [0.5, 0.6) is 0 Å². The van der Waals surface area contributed by atoms with Crippen molar-refractivity contribution in [2.24, 2.45) is 5.73 Å². The molecule has 3 atom stereocenters. The van der Waals surface area contributed by atoms with Crippen LogP contribution in [0.2, 0.25) is 0 Å². The number of nitrogens with two attached hydrogens (primary N) is 1. The van der Waals surface area contributed by atoms with Crippen LogP contribution >= 0.6 is 27.3 Å². The Morgan fingerprint density at radius 2 is 2.41 bits per heavy atom. The molecule has 2 nitrogen and oxygen atoms in total. The summed E-state index contributed by atoms with van der Waals surface area (Å²) < 4.78 is 1.18. The Morgan fingerprint density at radius 3 is 2.88 bits per heavy atom. The lowest BCUT2D eigenvalue weighted by molar-refractivity contribution is 0.166. The van der Waals surface area contributed by atoms with E-state index >= 15 is 0 Å². The largest absolute Gasteiger partial charge is 0.326 e. The van der Waals surface area contributed by atoms with Gasteiger partial charge in [-0.05, 0) is 54.7 Å². The van der Waals surface area contributed by atoms with Crippen molar-refractivity contribution < 1.29 is 0 Å². The number of thiophene rings is 1. The van der Waals surface area contributed by atoms with Gasteiger partial charge in [0.15, 0.2) is 0 Å². The van der Waals surface area contributed by atoms with Crippen molar-refractivity contribution in [3.63, 3.8) is 0 Å². The number of rotatable bonds is 4. The van der Waals surface area contributed by atoms with E-state index in [1.807, 2.05) is 11.3 Å². The molecule has 2 heterocycles. The highest BCUT2D eigenvalue weighted by Crippen LogP contribution is 2.36. The third-order valence-corrected chi connectivity index (χ3v) is 5.48. The summed E-state index contributed by atoms with van der Waals surface area (Å²) in [6.07, 6.45) is 3.64. The maximum atomic E-state index is 6.35. The van der Waals surface area contributed by atoms with Gasteiger partial charge in [0.25, 0.3) is 0 Å². The minimum Gasteiger partial charge on any atom is -0.326 e. The van der Waals surface area contributed by atoms with Gasteiger partial charge in [0.1, 0.15) is 0 Å². The smallest absolute Gasteiger partial charge is 0.0596 e. The highest BCUT2D eigenvalue weighted by atomic mass is 79.9. The van der Waals surface area contributed by atoms with Crippen LogP contribution in [0.1, 0.15) is 44.0 Å². The zero-order valence-electron chi connectivity index (χ0n) is 10.5. The van der Waals surface area contributed by atoms with E-state index in [1.165, 1.54) is 28.7 Å². The highest BCUT2D eigenvalue weighted by molar-refractivity contribution is 9.10. The summed E-state index contributed by atoms with van der Waals surface area (Å²) in [5.41, 5.74) is 6.35. The first-order valence-corrected chi connectivity index (χ1v) is 8.06. The van der Waals surface area contributed by atoms with Gasteiger partial charge in [0.2, 0.25) is 0 Å². The van der Waals surface area contributed by atoms with Gasteiger partial charge in [-0.2, -0.15) is 0 Å². The van der Waals surface area contributed by atoms with Crippen LogP contribution in [-0.4, -0.2) is 23.5 Å². The lowest BCUT2D eigenvalue weighted by Crippen LogP contribution is -2.42. The fraction of sp³-hybridized carbons (Fsp3) is 0.692. The summed E-state index contributed by atoms with van der Waals surface area (Å²) in [6, 6.07) is 3.53. The van der Waals surface area contributed by atoms with E-state index in [9.17, 15) is 0 Å². The third-order valence-electron chi connectivity index (χ3n) is 3.72. The van der Waals surface area contributed by atoms with Crippen LogP contribution in [0.25, 0.3) is 0 Å². The van der Waals surface area contributed by atoms with Gasteiger partial charge in [-0.1, -0.05) is 6.92 Å². The highest BCUT2D eigenvalue weighted by Gasteiger charge is 2.32. The molecule has 3 unspecified atom stereocenters. The predicted octanol–water partition coefficient (Wildman–Crippen LogP) is 3.77. The number of halogens is 1. The molecule has 4 heteroatoms. The van der Waals surface area contributed by atoms with Gasteiger partial charge >= 0.3 is 0 Å². The number of nitrogens with zero attached hydrogens (tertiary/aromatic N) is 1. The van der Waals surface area contributed by atoms with Crippen LogP contribution < -0.4 is 5.73 Å². The van der Waals surface area contributed by atoms with Crippen LogP contribution in [0.15, 0.2) is 15.9 Å². The zero-order valence-corrected chi connectivity index (χ0v) is 12.9. The minimum absolute atomic E-state index is 0.237. The second-order valence-corrected chi connectivity index (χ2v) is 6.77. The maximum Gasteiger partial charge on any atom is 0.0596 e. The van der Waals surface area contributed by atoms with Gasteiger partial charge in [-0.25, -0.2) is 0 Å². The summed E-state index contributed by atoms with van der Waals surface area (Å²) in [5.74, 6) is 0.